The van der Waals surface area contributed by atoms with Gasteiger partial charge in [-0.05, 0) is 19.1 Å². The first-order valence-electron chi connectivity index (χ1n) is 9.22. The van der Waals surface area contributed by atoms with Gasteiger partial charge in [-0.2, -0.15) is 0 Å². The van der Waals surface area contributed by atoms with E-state index in [1.165, 1.54) is 0 Å². The lowest BCUT2D eigenvalue weighted by molar-refractivity contribution is 0.133. The van der Waals surface area contributed by atoms with E-state index in [-0.39, 0.29) is 11.6 Å². The summed E-state index contributed by atoms with van der Waals surface area (Å²) in [4.78, 5) is 40.3. The Morgan fingerprint density at radius 1 is 1.21 bits per heavy atom. The number of carbonyl (C=O) groups is 1. The summed E-state index contributed by atoms with van der Waals surface area (Å²) in [5.41, 5.74) is 1.48. The number of aromatic nitrogens is 3. The van der Waals surface area contributed by atoms with Gasteiger partial charge in [0.15, 0.2) is 0 Å². The second-order valence-corrected chi connectivity index (χ2v) is 7.87. The molecule has 0 radical (unpaired) electrons. The fourth-order valence-corrected chi connectivity index (χ4v) is 3.91. The van der Waals surface area contributed by atoms with Crippen molar-refractivity contribution in [1.29, 1.82) is 0 Å². The van der Waals surface area contributed by atoms with Crippen molar-refractivity contribution in [3.8, 4) is 0 Å². The minimum Gasteiger partial charge on any atom is -0.332 e. The van der Waals surface area contributed by atoms with Gasteiger partial charge >= 0.3 is 6.03 Å². The first-order chi connectivity index (χ1) is 13.6. The number of nitrogens with zero attached hydrogens (tertiary/aromatic N) is 4. The summed E-state index contributed by atoms with van der Waals surface area (Å²) >= 11 is 1.58. The van der Waals surface area contributed by atoms with E-state index in [4.69, 9.17) is 0 Å². The Kier molecular flexibility index (Phi) is 5.36. The molecule has 0 spiro atoms. The Bertz CT molecular complexity index is 1040. The van der Waals surface area contributed by atoms with Gasteiger partial charge in [-0.1, -0.05) is 12.1 Å². The molecule has 1 aliphatic rings. The Morgan fingerprint density at radius 3 is 2.75 bits per heavy atom. The molecule has 0 aliphatic carbocycles. The van der Waals surface area contributed by atoms with Gasteiger partial charge < -0.3 is 15.2 Å². The van der Waals surface area contributed by atoms with Crippen molar-refractivity contribution < 1.29 is 4.79 Å². The molecule has 1 saturated heterocycles. The maximum atomic E-state index is 12.3. The predicted octanol–water partition coefficient (Wildman–Crippen LogP) is 1.72. The molecule has 4 rings (SSSR count). The molecule has 146 valence electrons. The molecular formula is C19H22N6O2S. The smallest absolute Gasteiger partial charge is 0.317 e. The molecule has 1 fully saturated rings. The summed E-state index contributed by atoms with van der Waals surface area (Å²) < 4.78 is 0. The van der Waals surface area contributed by atoms with Crippen LogP contribution < -0.4 is 10.9 Å². The second kappa shape index (κ2) is 8.07. The van der Waals surface area contributed by atoms with Gasteiger partial charge in [0, 0.05) is 31.6 Å². The van der Waals surface area contributed by atoms with Gasteiger partial charge in [-0.25, -0.2) is 14.8 Å². The molecule has 2 aromatic heterocycles. The number of amides is 2. The number of aryl methyl sites for hydroxylation is 1. The van der Waals surface area contributed by atoms with E-state index in [1.54, 1.807) is 17.4 Å². The number of fused-ring (bicyclic) bond motifs is 1. The van der Waals surface area contributed by atoms with Gasteiger partial charge in [0.1, 0.15) is 5.82 Å². The van der Waals surface area contributed by atoms with Crippen LogP contribution in [0.25, 0.3) is 10.9 Å². The summed E-state index contributed by atoms with van der Waals surface area (Å²) in [6.45, 7) is 5.71. The summed E-state index contributed by atoms with van der Waals surface area (Å²) in [6, 6.07) is 7.26. The zero-order valence-corrected chi connectivity index (χ0v) is 16.5. The van der Waals surface area contributed by atoms with E-state index >= 15 is 0 Å². The molecule has 0 unspecified atom stereocenters. The molecule has 3 aromatic rings. The number of piperazine rings is 1. The number of nitrogens with one attached hydrogen (secondary N) is 2. The average molecular weight is 398 g/mol. The highest BCUT2D eigenvalue weighted by molar-refractivity contribution is 7.09. The van der Waals surface area contributed by atoms with E-state index < -0.39 is 0 Å². The molecule has 0 atom stereocenters. The minimum atomic E-state index is -0.115. The third-order valence-corrected chi connectivity index (χ3v) is 5.60. The van der Waals surface area contributed by atoms with Crippen LogP contribution in [-0.2, 0) is 13.1 Å². The van der Waals surface area contributed by atoms with Crippen molar-refractivity contribution >= 4 is 28.3 Å². The molecule has 2 amide bonds. The van der Waals surface area contributed by atoms with Crippen LogP contribution in [0.2, 0.25) is 0 Å². The maximum Gasteiger partial charge on any atom is 0.317 e. The van der Waals surface area contributed by atoms with Crippen molar-refractivity contribution in [3.05, 3.63) is 56.5 Å². The zero-order chi connectivity index (χ0) is 19.5. The summed E-state index contributed by atoms with van der Waals surface area (Å²) in [5.74, 6) is 0.653. The van der Waals surface area contributed by atoms with Crippen molar-refractivity contribution in [2.45, 2.75) is 20.0 Å². The lowest BCUT2D eigenvalue weighted by atomic mass is 10.2. The third kappa shape index (κ3) is 4.20. The number of aromatic amines is 1. The van der Waals surface area contributed by atoms with E-state index in [0.717, 1.165) is 23.8 Å². The molecule has 1 aromatic carbocycles. The molecule has 8 nitrogen and oxygen atoms in total. The Hall–Kier alpha value is -2.78. The van der Waals surface area contributed by atoms with Crippen LogP contribution in [0.15, 0.2) is 34.4 Å². The van der Waals surface area contributed by atoms with Gasteiger partial charge in [-0.15, -0.1) is 11.3 Å². The van der Waals surface area contributed by atoms with E-state index in [1.807, 2.05) is 35.4 Å². The summed E-state index contributed by atoms with van der Waals surface area (Å²) in [5, 5.41) is 6.49. The molecule has 28 heavy (non-hydrogen) atoms. The number of rotatable bonds is 4. The summed E-state index contributed by atoms with van der Waals surface area (Å²) in [6.07, 6.45) is 0. The largest absolute Gasteiger partial charge is 0.332 e. The molecule has 9 heteroatoms. The number of carbonyl (C=O) groups excluding carboxylic acids is 1. The number of urea groups is 1. The van der Waals surface area contributed by atoms with E-state index in [2.05, 4.69) is 25.2 Å². The van der Waals surface area contributed by atoms with Crippen molar-refractivity contribution in [2.75, 3.05) is 26.2 Å². The number of hydrogen-bond acceptors (Lipinski definition) is 6. The fraction of sp³-hybridized carbons (Fsp3) is 0.368. The molecular weight excluding hydrogens is 376 g/mol. The molecule has 0 bridgehead atoms. The maximum absolute atomic E-state index is 12.3. The first kappa shape index (κ1) is 18.6. The SMILES string of the molecule is Cc1nc(CNC(=O)N2CCN(Cc3nc4ccccc4c(=O)[nH]3)CC2)cs1. The van der Waals surface area contributed by atoms with Gasteiger partial charge in [0.2, 0.25) is 0 Å². The molecule has 0 saturated carbocycles. The van der Waals surface area contributed by atoms with Gasteiger partial charge in [0.25, 0.3) is 5.56 Å². The number of hydrogen-bond donors (Lipinski definition) is 2. The monoisotopic (exact) mass is 398 g/mol. The van der Waals surface area contributed by atoms with Crippen LogP contribution in [0.4, 0.5) is 4.79 Å². The highest BCUT2D eigenvalue weighted by atomic mass is 32.1. The lowest BCUT2D eigenvalue weighted by Crippen LogP contribution is -2.51. The summed E-state index contributed by atoms with van der Waals surface area (Å²) in [7, 11) is 0. The van der Waals surface area contributed by atoms with Gasteiger partial charge in [0.05, 0.1) is 34.7 Å². The van der Waals surface area contributed by atoms with E-state index in [0.29, 0.717) is 42.9 Å². The number of para-hydroxylation sites is 1. The lowest BCUT2D eigenvalue weighted by Gasteiger charge is -2.34. The van der Waals surface area contributed by atoms with Crippen LogP contribution in [-0.4, -0.2) is 57.0 Å². The van der Waals surface area contributed by atoms with E-state index in [9.17, 15) is 9.59 Å². The normalized spacial score (nSPS) is 15.1. The van der Waals surface area contributed by atoms with Crippen LogP contribution in [0.3, 0.4) is 0 Å². The van der Waals surface area contributed by atoms with Crippen LogP contribution in [0.5, 0.6) is 0 Å². The van der Waals surface area contributed by atoms with Crippen LogP contribution in [0.1, 0.15) is 16.5 Å². The van der Waals surface area contributed by atoms with Crippen LogP contribution in [0, 0.1) is 6.92 Å². The highest BCUT2D eigenvalue weighted by Gasteiger charge is 2.21. The first-order valence-corrected chi connectivity index (χ1v) is 10.1. The minimum absolute atomic E-state index is 0.0671. The quantitative estimate of drug-likeness (QED) is 0.698. The Balaban J connectivity index is 1.30. The predicted molar refractivity (Wildman–Crippen MR) is 108 cm³/mol. The zero-order valence-electron chi connectivity index (χ0n) is 15.6. The topological polar surface area (TPSA) is 94.2 Å². The van der Waals surface area contributed by atoms with Crippen LogP contribution >= 0.6 is 11.3 Å². The van der Waals surface area contributed by atoms with Gasteiger partial charge in [-0.3, -0.25) is 9.69 Å². The van der Waals surface area contributed by atoms with Crippen molar-refractivity contribution in [2.24, 2.45) is 0 Å². The molecule has 2 N–H and O–H groups in total. The highest BCUT2D eigenvalue weighted by Crippen LogP contribution is 2.10. The molecule has 1 aliphatic heterocycles. The van der Waals surface area contributed by atoms with Crippen molar-refractivity contribution in [1.82, 2.24) is 30.1 Å². The van der Waals surface area contributed by atoms with Crippen molar-refractivity contribution in [3.63, 3.8) is 0 Å². The number of benzene rings is 1. The number of H-pyrrole nitrogens is 1. The Labute approximate surface area is 166 Å². The number of thiazole rings is 1. The average Bonchev–Trinajstić information content (AvgIpc) is 3.12. The standard InChI is InChI=1S/C19H22N6O2S/c1-13-21-14(12-28-13)10-20-19(27)25-8-6-24(7-9-25)11-17-22-16-5-3-2-4-15(16)18(26)23-17/h2-5,12H,6-11H2,1H3,(H,20,27)(H,22,23,26). The second-order valence-electron chi connectivity index (χ2n) is 6.81. The fourth-order valence-electron chi connectivity index (χ4n) is 3.30. The third-order valence-electron chi connectivity index (χ3n) is 4.78. The molecule has 3 heterocycles. The Morgan fingerprint density at radius 2 is 2.00 bits per heavy atom.